The number of nitrogens with one attached hydrogen (secondary N) is 1. The van der Waals surface area contributed by atoms with Crippen molar-refractivity contribution in [2.24, 2.45) is 5.92 Å². The van der Waals surface area contributed by atoms with E-state index < -0.39 is 0 Å². The Balaban J connectivity index is 1.90. The van der Waals surface area contributed by atoms with Crippen molar-refractivity contribution in [3.63, 3.8) is 0 Å². The van der Waals surface area contributed by atoms with E-state index in [1.54, 1.807) is 0 Å². The van der Waals surface area contributed by atoms with Crippen molar-refractivity contribution >= 4 is 33.2 Å². The summed E-state index contributed by atoms with van der Waals surface area (Å²) in [6.45, 7) is 2.31. The summed E-state index contributed by atoms with van der Waals surface area (Å²) in [5, 5.41) is 3.16. The average Bonchev–Trinajstić information content (AvgIpc) is 2.62. The van der Waals surface area contributed by atoms with Crippen LogP contribution >= 0.6 is 27.3 Å². The molecule has 0 radical (unpaired) electrons. The van der Waals surface area contributed by atoms with Crippen LogP contribution in [0.2, 0.25) is 0 Å². The van der Waals surface area contributed by atoms with Crippen LogP contribution in [0, 0.1) is 5.92 Å². The third-order valence-corrected chi connectivity index (χ3v) is 5.01. The van der Waals surface area contributed by atoms with E-state index in [4.69, 9.17) is 0 Å². The summed E-state index contributed by atoms with van der Waals surface area (Å²) in [6.07, 6.45) is 6.03. The fraction of sp³-hybridized carbons (Fsp3) is 0.615. The lowest BCUT2D eigenvalue weighted by atomic mass is 10.0. The van der Waals surface area contributed by atoms with Crippen LogP contribution in [0.5, 0.6) is 0 Å². The van der Waals surface area contributed by atoms with Crippen LogP contribution in [0.1, 0.15) is 48.7 Å². The summed E-state index contributed by atoms with van der Waals surface area (Å²) in [5.41, 5.74) is 0. The van der Waals surface area contributed by atoms with Gasteiger partial charge in [-0.25, -0.2) is 0 Å². The summed E-state index contributed by atoms with van der Waals surface area (Å²) in [4.78, 5) is 12.8. The van der Waals surface area contributed by atoms with Gasteiger partial charge in [0.05, 0.1) is 8.66 Å². The SMILES string of the molecule is CC1CCCC(NC(=O)c2ccc(Br)s2)CC1. The molecule has 17 heavy (non-hydrogen) atoms. The molecule has 2 rings (SSSR count). The van der Waals surface area contributed by atoms with Crippen molar-refractivity contribution in [1.82, 2.24) is 5.32 Å². The normalized spacial score (nSPS) is 25.3. The van der Waals surface area contributed by atoms with E-state index in [-0.39, 0.29) is 5.91 Å². The minimum atomic E-state index is 0.0836. The Kier molecular flexibility index (Phi) is 4.62. The fourth-order valence-electron chi connectivity index (χ4n) is 2.32. The number of thiophene rings is 1. The summed E-state index contributed by atoms with van der Waals surface area (Å²) in [7, 11) is 0. The van der Waals surface area contributed by atoms with Gasteiger partial charge in [0.25, 0.3) is 5.91 Å². The van der Waals surface area contributed by atoms with Crippen LogP contribution < -0.4 is 5.32 Å². The van der Waals surface area contributed by atoms with Crippen LogP contribution in [0.15, 0.2) is 15.9 Å². The van der Waals surface area contributed by atoms with E-state index in [2.05, 4.69) is 28.2 Å². The molecule has 2 atom stereocenters. The molecule has 0 saturated heterocycles. The van der Waals surface area contributed by atoms with Crippen LogP contribution in [0.25, 0.3) is 0 Å². The maximum Gasteiger partial charge on any atom is 0.261 e. The van der Waals surface area contributed by atoms with Crippen molar-refractivity contribution in [2.45, 2.75) is 45.1 Å². The van der Waals surface area contributed by atoms with E-state index in [0.717, 1.165) is 27.4 Å². The summed E-state index contributed by atoms with van der Waals surface area (Å²) < 4.78 is 1.01. The topological polar surface area (TPSA) is 29.1 Å². The number of hydrogen-bond acceptors (Lipinski definition) is 2. The lowest BCUT2D eigenvalue weighted by Gasteiger charge is -2.15. The van der Waals surface area contributed by atoms with Crippen molar-refractivity contribution in [3.8, 4) is 0 Å². The molecule has 0 bridgehead atoms. The third-order valence-electron chi connectivity index (χ3n) is 3.39. The maximum absolute atomic E-state index is 12.0. The van der Waals surface area contributed by atoms with Crippen molar-refractivity contribution in [3.05, 3.63) is 20.8 Å². The highest BCUT2D eigenvalue weighted by Gasteiger charge is 2.19. The number of halogens is 1. The molecule has 1 amide bonds. The molecule has 94 valence electrons. The Morgan fingerprint density at radius 2 is 2.18 bits per heavy atom. The van der Waals surface area contributed by atoms with Gasteiger partial charge < -0.3 is 5.32 Å². The molecule has 0 aromatic carbocycles. The van der Waals surface area contributed by atoms with Gasteiger partial charge in [-0.3, -0.25) is 4.79 Å². The Hall–Kier alpha value is -0.350. The van der Waals surface area contributed by atoms with Gasteiger partial charge in [0, 0.05) is 6.04 Å². The highest BCUT2D eigenvalue weighted by atomic mass is 79.9. The molecule has 1 fully saturated rings. The first-order chi connectivity index (χ1) is 8.15. The first-order valence-corrected chi connectivity index (χ1v) is 7.82. The predicted octanol–water partition coefficient (Wildman–Crippen LogP) is 4.21. The number of carbonyl (C=O) groups excluding carboxylic acids is 1. The molecule has 2 nitrogen and oxygen atoms in total. The molecular weight excluding hydrogens is 298 g/mol. The predicted molar refractivity (Wildman–Crippen MR) is 75.5 cm³/mol. The molecule has 1 saturated carbocycles. The van der Waals surface area contributed by atoms with E-state index in [0.29, 0.717) is 6.04 Å². The highest BCUT2D eigenvalue weighted by Crippen LogP contribution is 2.25. The van der Waals surface area contributed by atoms with E-state index in [1.807, 2.05) is 12.1 Å². The standard InChI is InChI=1S/C13H18BrNOS/c1-9-3-2-4-10(6-5-9)15-13(16)11-7-8-12(14)17-11/h7-10H,2-6H2,1H3,(H,15,16). The van der Waals surface area contributed by atoms with Crippen molar-refractivity contribution in [1.29, 1.82) is 0 Å². The molecule has 1 aliphatic carbocycles. The summed E-state index contributed by atoms with van der Waals surface area (Å²) in [6, 6.07) is 4.17. The Morgan fingerprint density at radius 1 is 1.35 bits per heavy atom. The highest BCUT2D eigenvalue weighted by molar-refractivity contribution is 9.11. The van der Waals surface area contributed by atoms with Gasteiger partial charge in [0.1, 0.15) is 0 Å². The molecule has 1 heterocycles. The largest absolute Gasteiger partial charge is 0.349 e. The molecule has 0 aliphatic heterocycles. The quantitative estimate of drug-likeness (QED) is 0.814. The number of amides is 1. The second-order valence-electron chi connectivity index (χ2n) is 4.89. The van der Waals surface area contributed by atoms with E-state index in [9.17, 15) is 4.79 Å². The zero-order valence-electron chi connectivity index (χ0n) is 10.0. The van der Waals surface area contributed by atoms with Crippen LogP contribution in [-0.4, -0.2) is 11.9 Å². The number of carbonyl (C=O) groups is 1. The first kappa shape index (κ1) is 13.1. The van der Waals surface area contributed by atoms with Gasteiger partial charge >= 0.3 is 0 Å². The Labute approximate surface area is 115 Å². The summed E-state index contributed by atoms with van der Waals surface area (Å²) >= 11 is 4.88. The van der Waals surface area contributed by atoms with Gasteiger partial charge in [-0.1, -0.05) is 19.8 Å². The smallest absolute Gasteiger partial charge is 0.261 e. The number of rotatable bonds is 2. The van der Waals surface area contributed by atoms with Crippen LogP contribution in [-0.2, 0) is 0 Å². The first-order valence-electron chi connectivity index (χ1n) is 6.21. The lowest BCUT2D eigenvalue weighted by Crippen LogP contribution is -2.33. The minimum absolute atomic E-state index is 0.0836. The lowest BCUT2D eigenvalue weighted by molar-refractivity contribution is 0.0937. The molecule has 0 spiro atoms. The van der Waals surface area contributed by atoms with Gasteiger partial charge in [-0.05, 0) is 53.2 Å². The molecule has 1 N–H and O–H groups in total. The fourth-order valence-corrected chi connectivity index (χ4v) is 3.61. The second-order valence-corrected chi connectivity index (χ2v) is 7.35. The Morgan fingerprint density at radius 3 is 2.88 bits per heavy atom. The minimum Gasteiger partial charge on any atom is -0.349 e. The number of hydrogen-bond donors (Lipinski definition) is 1. The van der Waals surface area contributed by atoms with Crippen molar-refractivity contribution < 1.29 is 4.79 Å². The van der Waals surface area contributed by atoms with Gasteiger partial charge in [0.2, 0.25) is 0 Å². The molecule has 2 unspecified atom stereocenters. The molecule has 1 aromatic rings. The third kappa shape index (κ3) is 3.81. The van der Waals surface area contributed by atoms with Crippen LogP contribution in [0.4, 0.5) is 0 Å². The molecular formula is C13H18BrNOS. The summed E-state index contributed by atoms with van der Waals surface area (Å²) in [5.74, 6) is 0.896. The molecule has 1 aromatic heterocycles. The molecule has 1 aliphatic rings. The monoisotopic (exact) mass is 315 g/mol. The van der Waals surface area contributed by atoms with Gasteiger partial charge in [0.15, 0.2) is 0 Å². The van der Waals surface area contributed by atoms with Crippen LogP contribution in [0.3, 0.4) is 0 Å². The van der Waals surface area contributed by atoms with Gasteiger partial charge in [-0.15, -0.1) is 11.3 Å². The van der Waals surface area contributed by atoms with E-state index >= 15 is 0 Å². The second kappa shape index (κ2) is 6.01. The zero-order chi connectivity index (χ0) is 12.3. The average molecular weight is 316 g/mol. The van der Waals surface area contributed by atoms with Crippen molar-refractivity contribution in [2.75, 3.05) is 0 Å². The van der Waals surface area contributed by atoms with E-state index in [1.165, 1.54) is 30.6 Å². The van der Waals surface area contributed by atoms with Gasteiger partial charge in [-0.2, -0.15) is 0 Å². The zero-order valence-corrected chi connectivity index (χ0v) is 12.4. The Bertz CT molecular complexity index is 391. The molecule has 4 heteroatoms. The maximum atomic E-state index is 12.0.